The first-order valence-corrected chi connectivity index (χ1v) is 13.3. The van der Waals surface area contributed by atoms with Crippen LogP contribution in [0.1, 0.15) is 47.0 Å². The zero-order chi connectivity index (χ0) is 36.4. The summed E-state index contributed by atoms with van der Waals surface area (Å²) in [6, 6.07) is 0. The fourth-order valence-electron chi connectivity index (χ4n) is 3.37. The molecule has 4 nitrogen and oxygen atoms in total. The molecule has 0 atom stereocenters. The first-order valence-electron chi connectivity index (χ1n) is 11.8. The molecule has 44 heavy (non-hydrogen) atoms. The third-order valence-electron chi connectivity index (χ3n) is 6.74. The van der Waals surface area contributed by atoms with Crippen LogP contribution in [0.5, 0.6) is 0 Å². The van der Waals surface area contributed by atoms with Crippen LogP contribution >= 0.6 is 0 Å². The number of hydrogen-bond acceptors (Lipinski definition) is 3. The summed E-state index contributed by atoms with van der Waals surface area (Å²) in [4.78, 5) is 0. The van der Waals surface area contributed by atoms with E-state index in [0.29, 0.717) is 0 Å². The van der Waals surface area contributed by atoms with Gasteiger partial charge in [0.15, 0.2) is 10.1 Å². The highest BCUT2D eigenvalue weighted by molar-refractivity contribution is 7.86. The summed E-state index contributed by atoms with van der Waals surface area (Å²) in [6.07, 6.45) is -13.4. The van der Waals surface area contributed by atoms with Gasteiger partial charge in [-0.2, -0.15) is 83.4 Å². The van der Waals surface area contributed by atoms with E-state index in [4.69, 9.17) is 0 Å². The number of hydrogen-bond donors (Lipinski definition) is 0. The van der Waals surface area contributed by atoms with E-state index < -0.39 is 82.3 Å². The monoisotopic (exact) mass is 721 g/mol. The number of rotatable bonds is 15. The Balaban J connectivity index is 0. The Morgan fingerprint density at radius 2 is 0.750 bits per heavy atom. The maximum absolute atomic E-state index is 13.5. The summed E-state index contributed by atoms with van der Waals surface area (Å²) in [7, 11) is -8.20. The molecule has 0 aromatic carbocycles. The normalized spacial score (nSPS) is 15.6. The molecular formula is C20H26F19NO3S. The minimum Gasteiger partial charge on any atom is -0.743 e. The largest absolute Gasteiger partial charge is 0.743 e. The fraction of sp³-hybridized carbons (Fsp3) is 1.00. The van der Waals surface area contributed by atoms with Gasteiger partial charge in [-0.15, -0.1) is 0 Å². The van der Waals surface area contributed by atoms with Gasteiger partial charge in [-0.05, 0) is 34.1 Å². The van der Waals surface area contributed by atoms with Crippen LogP contribution < -0.4 is 0 Å². The van der Waals surface area contributed by atoms with Crippen molar-refractivity contribution in [1.82, 2.24) is 0 Å². The summed E-state index contributed by atoms with van der Waals surface area (Å²) in [5.74, 6) is -58.8. The third kappa shape index (κ3) is 7.73. The Bertz CT molecular complexity index is 1020. The molecule has 24 heteroatoms. The summed E-state index contributed by atoms with van der Waals surface area (Å²) < 4.78 is 279. The average molecular weight is 721 g/mol. The van der Waals surface area contributed by atoms with Gasteiger partial charge in [0.05, 0.1) is 26.2 Å². The minimum absolute atomic E-state index is 1.28. The van der Waals surface area contributed by atoms with Crippen molar-refractivity contribution in [2.45, 2.75) is 99.8 Å². The van der Waals surface area contributed by atoms with Crippen LogP contribution in [-0.4, -0.2) is 96.5 Å². The lowest BCUT2D eigenvalue weighted by Gasteiger charge is -2.43. The minimum atomic E-state index is -8.95. The van der Waals surface area contributed by atoms with Crippen LogP contribution in [0.3, 0.4) is 0 Å². The van der Waals surface area contributed by atoms with Crippen LogP contribution in [0.15, 0.2) is 0 Å². The van der Waals surface area contributed by atoms with E-state index in [1.165, 1.54) is 30.7 Å². The van der Waals surface area contributed by atoms with Gasteiger partial charge >= 0.3 is 52.9 Å². The molecule has 0 N–H and O–H groups in total. The second-order valence-corrected chi connectivity index (χ2v) is 10.6. The van der Waals surface area contributed by atoms with Gasteiger partial charge in [-0.3, -0.25) is 0 Å². The van der Waals surface area contributed by atoms with Crippen molar-refractivity contribution in [3.8, 4) is 0 Å². The van der Waals surface area contributed by atoms with Crippen molar-refractivity contribution in [2.24, 2.45) is 0 Å². The molecule has 0 amide bonds. The highest BCUT2D eigenvalue weighted by Gasteiger charge is 2.95. The molecular weight excluding hydrogens is 695 g/mol. The molecule has 0 aromatic rings. The lowest BCUT2D eigenvalue weighted by atomic mass is 9.88. The van der Waals surface area contributed by atoms with E-state index >= 15 is 0 Å². The molecule has 0 heterocycles. The van der Waals surface area contributed by atoms with Gasteiger partial charge in [0.1, 0.15) is 0 Å². The molecule has 0 saturated carbocycles. The molecule has 0 fully saturated rings. The first kappa shape index (κ1) is 44.7. The Morgan fingerprint density at radius 1 is 0.477 bits per heavy atom. The second kappa shape index (κ2) is 13.3. The quantitative estimate of drug-likeness (QED) is 0.0975. The maximum Gasteiger partial charge on any atom is 0.402 e. The van der Waals surface area contributed by atoms with Crippen molar-refractivity contribution < 1.29 is 101 Å². The average Bonchev–Trinajstić information content (AvgIpc) is 2.83. The molecule has 0 aliphatic heterocycles. The van der Waals surface area contributed by atoms with Crippen molar-refractivity contribution in [3.05, 3.63) is 0 Å². The summed E-state index contributed by atoms with van der Waals surface area (Å²) in [5, 5.41) is -8.00. The van der Waals surface area contributed by atoms with Crippen LogP contribution in [0.2, 0.25) is 0 Å². The number of alkyl halides is 19. The van der Waals surface area contributed by atoms with Crippen molar-refractivity contribution in [2.75, 3.05) is 26.2 Å². The Morgan fingerprint density at radius 3 is 0.977 bits per heavy atom. The molecule has 0 spiro atoms. The van der Waals surface area contributed by atoms with Crippen molar-refractivity contribution in [3.63, 3.8) is 0 Å². The standard InChI is InChI=1S/C12H7F19O3S.C8H20N/c13-4(14,2-1-3-5(15,16)17)6(18,19)7(20,21)8(22,23)9(24,25)10(26,27)11(28,29)12(30,31)35(32,33)34;1-5-9(6-2,7-3)8-4/h1-3H2,(H,32,33,34);5-8H2,1-4H3/q;+1/p-1. The summed E-state index contributed by atoms with van der Waals surface area (Å²) in [6.45, 7) is 14.2. The van der Waals surface area contributed by atoms with Crippen LogP contribution in [-0.2, 0) is 10.1 Å². The lowest BCUT2D eigenvalue weighted by Crippen LogP contribution is -2.75. The summed E-state index contributed by atoms with van der Waals surface area (Å²) >= 11 is 0. The van der Waals surface area contributed by atoms with E-state index in [2.05, 4.69) is 27.7 Å². The zero-order valence-electron chi connectivity index (χ0n) is 22.7. The van der Waals surface area contributed by atoms with Gasteiger partial charge in [0.2, 0.25) is 0 Å². The Kier molecular flexibility index (Phi) is 13.5. The molecule has 0 aliphatic carbocycles. The van der Waals surface area contributed by atoms with Crippen LogP contribution in [0, 0.1) is 0 Å². The Hall–Kier alpha value is -1.46. The van der Waals surface area contributed by atoms with E-state index in [1.54, 1.807) is 0 Å². The predicted octanol–water partition coefficient (Wildman–Crippen LogP) is 8.19. The summed E-state index contributed by atoms with van der Waals surface area (Å²) in [5.41, 5.74) is 0. The van der Waals surface area contributed by atoms with Gasteiger partial charge in [0.25, 0.3) is 0 Å². The molecule has 0 bridgehead atoms. The maximum atomic E-state index is 13.5. The number of quaternary nitrogens is 1. The van der Waals surface area contributed by atoms with Gasteiger partial charge in [-0.1, -0.05) is 0 Å². The van der Waals surface area contributed by atoms with E-state index in [1.807, 2.05) is 0 Å². The second-order valence-electron chi connectivity index (χ2n) is 9.20. The molecule has 0 saturated heterocycles. The molecule has 0 rings (SSSR count). The molecule has 0 aliphatic rings. The fourth-order valence-corrected chi connectivity index (χ4v) is 3.81. The van der Waals surface area contributed by atoms with Gasteiger partial charge in [0, 0.05) is 12.8 Å². The van der Waals surface area contributed by atoms with Gasteiger partial charge < -0.3 is 9.04 Å². The lowest BCUT2D eigenvalue weighted by molar-refractivity contribution is -0.921. The zero-order valence-corrected chi connectivity index (χ0v) is 23.5. The number of nitrogens with zero attached hydrogens (tertiary/aromatic N) is 1. The molecule has 0 unspecified atom stereocenters. The molecule has 0 aromatic heterocycles. The van der Waals surface area contributed by atoms with Crippen molar-refractivity contribution in [1.29, 1.82) is 0 Å². The topological polar surface area (TPSA) is 57.2 Å². The highest BCUT2D eigenvalue weighted by Crippen LogP contribution is 2.64. The van der Waals surface area contributed by atoms with E-state index in [0.717, 1.165) is 0 Å². The van der Waals surface area contributed by atoms with E-state index in [-0.39, 0.29) is 0 Å². The molecule has 268 valence electrons. The number of halogens is 19. The van der Waals surface area contributed by atoms with Gasteiger partial charge in [-0.25, -0.2) is 8.42 Å². The first-order chi connectivity index (χ1) is 18.9. The van der Waals surface area contributed by atoms with E-state index in [9.17, 15) is 96.4 Å². The van der Waals surface area contributed by atoms with Crippen molar-refractivity contribution >= 4 is 10.1 Å². The van der Waals surface area contributed by atoms with Crippen LogP contribution in [0.25, 0.3) is 0 Å². The predicted molar refractivity (Wildman–Crippen MR) is 112 cm³/mol. The molecule has 0 radical (unpaired) electrons. The SMILES string of the molecule is CC[N+](CC)(CC)CC.O=S(=O)([O-])C(F)(F)C(F)(F)C(F)(F)C(F)(F)C(F)(F)C(F)(F)C(F)(F)C(F)(F)CCCC(F)(F)F. The highest BCUT2D eigenvalue weighted by atomic mass is 32.2. The Labute approximate surface area is 237 Å². The smallest absolute Gasteiger partial charge is 0.402 e. The third-order valence-corrected chi connectivity index (χ3v) is 7.63. The van der Waals surface area contributed by atoms with Crippen LogP contribution in [0.4, 0.5) is 83.4 Å².